The Labute approximate surface area is 216 Å². The molecule has 2 unspecified atom stereocenters. The van der Waals surface area contributed by atoms with E-state index < -0.39 is 6.04 Å². The molecule has 0 bridgehead atoms. The number of imide groups is 1. The molecule has 1 saturated carbocycles. The molecule has 0 radical (unpaired) electrons. The molecule has 6 nitrogen and oxygen atoms in total. The van der Waals surface area contributed by atoms with Crippen molar-refractivity contribution >= 4 is 45.0 Å². The predicted molar refractivity (Wildman–Crippen MR) is 144 cm³/mol. The van der Waals surface area contributed by atoms with Gasteiger partial charge in [0.1, 0.15) is 11.0 Å². The van der Waals surface area contributed by atoms with Crippen LogP contribution in [-0.4, -0.2) is 39.7 Å². The second kappa shape index (κ2) is 10.1. The van der Waals surface area contributed by atoms with Gasteiger partial charge in [-0.25, -0.2) is 9.88 Å². The third-order valence-electron chi connectivity index (χ3n) is 7.65. The zero-order valence-electron chi connectivity index (χ0n) is 21.2. The molecule has 3 amide bonds. The molecular weight excluding hydrogens is 470 g/mol. The van der Waals surface area contributed by atoms with Gasteiger partial charge in [-0.1, -0.05) is 32.3 Å². The Kier molecular flexibility index (Phi) is 6.93. The van der Waals surface area contributed by atoms with Crippen LogP contribution in [0, 0.1) is 12.8 Å². The number of rotatable bonds is 6. The molecule has 2 atom stereocenters. The van der Waals surface area contributed by atoms with Gasteiger partial charge >= 0.3 is 0 Å². The molecule has 7 heteroatoms. The number of aromatic nitrogens is 1. The van der Waals surface area contributed by atoms with Crippen LogP contribution in [0.15, 0.2) is 42.5 Å². The van der Waals surface area contributed by atoms with Crippen molar-refractivity contribution in [2.75, 3.05) is 4.90 Å². The molecule has 1 aliphatic carbocycles. The van der Waals surface area contributed by atoms with E-state index in [0.29, 0.717) is 5.69 Å². The number of hydrogen-bond acceptors (Lipinski definition) is 5. The van der Waals surface area contributed by atoms with E-state index in [-0.39, 0.29) is 36.1 Å². The molecule has 36 heavy (non-hydrogen) atoms. The van der Waals surface area contributed by atoms with Crippen LogP contribution in [0.25, 0.3) is 20.8 Å². The van der Waals surface area contributed by atoms with E-state index in [1.807, 2.05) is 32.0 Å². The Morgan fingerprint density at radius 3 is 2.53 bits per heavy atom. The smallest absolute Gasteiger partial charge is 0.257 e. The molecule has 5 rings (SSSR count). The SMILES string of the molecule is CCC(C)N(C(=O)C1CCCCC1)C1CC(=O)N(c2ccc(-c3nc4ccc(C)cc4s3)cc2)C1=O. The number of amides is 3. The molecule has 3 aromatic rings. The number of anilines is 1. The first kappa shape index (κ1) is 24.6. The van der Waals surface area contributed by atoms with Crippen LogP contribution < -0.4 is 4.90 Å². The van der Waals surface area contributed by atoms with Crippen LogP contribution in [0.3, 0.4) is 0 Å². The van der Waals surface area contributed by atoms with E-state index in [9.17, 15) is 14.4 Å². The third kappa shape index (κ3) is 4.57. The summed E-state index contributed by atoms with van der Waals surface area (Å²) in [5.74, 6) is -0.550. The summed E-state index contributed by atoms with van der Waals surface area (Å²) < 4.78 is 1.13. The highest BCUT2D eigenvalue weighted by Crippen LogP contribution is 2.34. The van der Waals surface area contributed by atoms with Gasteiger partial charge in [0, 0.05) is 17.5 Å². The number of carbonyl (C=O) groups is 3. The third-order valence-corrected chi connectivity index (χ3v) is 8.72. The summed E-state index contributed by atoms with van der Waals surface area (Å²) in [6.07, 6.45) is 5.79. The first-order chi connectivity index (χ1) is 17.4. The molecule has 1 aromatic heterocycles. The minimum atomic E-state index is -0.728. The summed E-state index contributed by atoms with van der Waals surface area (Å²) in [6.45, 7) is 6.07. The monoisotopic (exact) mass is 503 g/mol. The van der Waals surface area contributed by atoms with Crippen molar-refractivity contribution < 1.29 is 14.4 Å². The minimum absolute atomic E-state index is 0.0402. The lowest BCUT2D eigenvalue weighted by atomic mass is 9.87. The van der Waals surface area contributed by atoms with E-state index in [0.717, 1.165) is 59.3 Å². The standard InChI is InChI=1S/C29H33N3O3S/c1-4-19(3)31(28(34)21-8-6-5-7-9-21)24-17-26(33)32(29(24)35)22-13-11-20(12-14-22)27-30-23-15-10-18(2)16-25(23)36-27/h10-16,19,21,24H,4-9,17H2,1-3H3. The predicted octanol–water partition coefficient (Wildman–Crippen LogP) is 6.11. The molecule has 2 aromatic carbocycles. The van der Waals surface area contributed by atoms with Crippen LogP contribution in [0.5, 0.6) is 0 Å². The Balaban J connectivity index is 1.38. The van der Waals surface area contributed by atoms with Gasteiger partial charge in [-0.15, -0.1) is 11.3 Å². The minimum Gasteiger partial charge on any atom is -0.327 e. The number of benzene rings is 2. The first-order valence-corrected chi connectivity index (χ1v) is 13.9. The van der Waals surface area contributed by atoms with E-state index in [1.54, 1.807) is 28.4 Å². The topological polar surface area (TPSA) is 70.6 Å². The average molecular weight is 504 g/mol. The van der Waals surface area contributed by atoms with Gasteiger partial charge in [0.25, 0.3) is 5.91 Å². The Bertz CT molecular complexity index is 1290. The fourth-order valence-corrected chi connectivity index (χ4v) is 6.52. The number of thiazole rings is 1. The van der Waals surface area contributed by atoms with E-state index in [2.05, 4.69) is 19.1 Å². The molecule has 1 aliphatic heterocycles. The number of carbonyl (C=O) groups excluding carboxylic acids is 3. The maximum absolute atomic E-state index is 13.6. The highest BCUT2D eigenvalue weighted by Gasteiger charge is 2.46. The average Bonchev–Trinajstić information content (AvgIpc) is 3.44. The van der Waals surface area contributed by atoms with Crippen molar-refractivity contribution in [1.82, 2.24) is 9.88 Å². The summed E-state index contributed by atoms with van der Waals surface area (Å²) in [7, 11) is 0. The second-order valence-electron chi connectivity index (χ2n) is 10.2. The normalized spacial score (nSPS) is 19.8. The van der Waals surface area contributed by atoms with Gasteiger partial charge < -0.3 is 4.90 Å². The van der Waals surface area contributed by atoms with Crippen LogP contribution in [0.1, 0.15) is 64.4 Å². The second-order valence-corrected chi connectivity index (χ2v) is 11.2. The van der Waals surface area contributed by atoms with Crippen molar-refractivity contribution in [1.29, 1.82) is 0 Å². The van der Waals surface area contributed by atoms with Crippen molar-refractivity contribution in [3.8, 4) is 10.6 Å². The molecule has 0 N–H and O–H groups in total. The van der Waals surface area contributed by atoms with Gasteiger partial charge in [-0.2, -0.15) is 0 Å². The Morgan fingerprint density at radius 2 is 1.83 bits per heavy atom. The Morgan fingerprint density at radius 1 is 1.11 bits per heavy atom. The summed E-state index contributed by atoms with van der Waals surface area (Å²) in [4.78, 5) is 47.9. The van der Waals surface area contributed by atoms with Gasteiger partial charge in [0.05, 0.1) is 22.3 Å². The highest BCUT2D eigenvalue weighted by molar-refractivity contribution is 7.21. The maximum Gasteiger partial charge on any atom is 0.257 e. The zero-order chi connectivity index (χ0) is 25.4. The lowest BCUT2D eigenvalue weighted by molar-refractivity contribution is -0.145. The van der Waals surface area contributed by atoms with E-state index in [1.165, 1.54) is 10.5 Å². The van der Waals surface area contributed by atoms with Gasteiger partial charge in [0.2, 0.25) is 11.8 Å². The van der Waals surface area contributed by atoms with Crippen molar-refractivity contribution in [2.24, 2.45) is 5.92 Å². The fraction of sp³-hybridized carbons (Fsp3) is 0.448. The molecule has 2 fully saturated rings. The number of aryl methyl sites for hydroxylation is 1. The highest BCUT2D eigenvalue weighted by atomic mass is 32.1. The number of hydrogen-bond donors (Lipinski definition) is 0. The summed E-state index contributed by atoms with van der Waals surface area (Å²) in [5.41, 5.74) is 3.65. The van der Waals surface area contributed by atoms with Crippen molar-refractivity contribution in [3.05, 3.63) is 48.0 Å². The summed E-state index contributed by atoms with van der Waals surface area (Å²) >= 11 is 1.63. The maximum atomic E-state index is 13.6. The molecular formula is C29H33N3O3S. The molecule has 2 aliphatic rings. The Hall–Kier alpha value is -3.06. The van der Waals surface area contributed by atoms with Crippen LogP contribution in [0.2, 0.25) is 0 Å². The van der Waals surface area contributed by atoms with Gasteiger partial charge in [-0.05, 0) is 75.1 Å². The lowest BCUT2D eigenvalue weighted by Gasteiger charge is -2.36. The quantitative estimate of drug-likeness (QED) is 0.381. The van der Waals surface area contributed by atoms with Crippen LogP contribution in [-0.2, 0) is 14.4 Å². The van der Waals surface area contributed by atoms with Crippen LogP contribution >= 0.6 is 11.3 Å². The van der Waals surface area contributed by atoms with Crippen molar-refractivity contribution in [2.45, 2.75) is 77.8 Å². The van der Waals surface area contributed by atoms with Crippen LogP contribution in [0.4, 0.5) is 5.69 Å². The molecule has 0 spiro atoms. The lowest BCUT2D eigenvalue weighted by Crippen LogP contribution is -2.52. The summed E-state index contributed by atoms with van der Waals surface area (Å²) in [6, 6.07) is 12.8. The molecule has 188 valence electrons. The first-order valence-electron chi connectivity index (χ1n) is 13.0. The number of fused-ring (bicyclic) bond motifs is 1. The van der Waals surface area contributed by atoms with E-state index >= 15 is 0 Å². The van der Waals surface area contributed by atoms with Crippen molar-refractivity contribution in [3.63, 3.8) is 0 Å². The molecule has 2 heterocycles. The number of nitrogens with zero attached hydrogens (tertiary/aromatic N) is 3. The summed E-state index contributed by atoms with van der Waals surface area (Å²) in [5, 5.41) is 0.903. The fourth-order valence-electron chi connectivity index (χ4n) is 5.45. The zero-order valence-corrected chi connectivity index (χ0v) is 22.0. The van der Waals surface area contributed by atoms with Gasteiger partial charge in [0.15, 0.2) is 0 Å². The van der Waals surface area contributed by atoms with E-state index in [4.69, 9.17) is 4.98 Å². The molecule has 1 saturated heterocycles. The largest absolute Gasteiger partial charge is 0.327 e. The van der Waals surface area contributed by atoms with Gasteiger partial charge in [-0.3, -0.25) is 14.4 Å².